The van der Waals surface area contributed by atoms with Crippen molar-refractivity contribution in [3.63, 3.8) is 0 Å². The van der Waals surface area contributed by atoms with E-state index in [0.29, 0.717) is 48.3 Å². The molecule has 8 heteroatoms. The zero-order chi connectivity index (χ0) is 25.1. The number of nitrogens with zero attached hydrogens (tertiary/aromatic N) is 1. The zero-order valence-corrected chi connectivity index (χ0v) is 20.0. The Bertz CT molecular complexity index is 1290. The maximum atomic E-state index is 13.6. The van der Waals surface area contributed by atoms with Gasteiger partial charge in [0.1, 0.15) is 11.1 Å². The van der Waals surface area contributed by atoms with E-state index in [1.165, 1.54) is 0 Å². The van der Waals surface area contributed by atoms with Gasteiger partial charge in [-0.15, -0.1) is 0 Å². The number of carbonyl (C=O) groups excluding carboxylic acids is 4. The molecule has 0 bridgehead atoms. The van der Waals surface area contributed by atoms with Crippen molar-refractivity contribution in [2.75, 3.05) is 23.3 Å². The van der Waals surface area contributed by atoms with Crippen molar-refractivity contribution in [1.29, 1.82) is 0 Å². The minimum absolute atomic E-state index is 0.148. The number of hydrogen-bond acceptors (Lipinski definition) is 6. The highest BCUT2D eigenvalue weighted by atomic mass is 16.3. The standard InChI is InChI=1S/C28H29N3O5/c32-18-20-15-21(10-11-23(20)31-14-6-8-22(33)17-31)29-27(35)28(12-4-1-5-13-28)30-26(34)25-16-19-7-2-3-9-24(19)36-25/h2-3,7,9-11,15-16,18H,1,4-6,8,12-14,17H2,(H,29,35)(H,30,34). The summed E-state index contributed by atoms with van der Waals surface area (Å²) in [7, 11) is 0. The number of piperidine rings is 1. The number of para-hydroxylation sites is 1. The lowest BCUT2D eigenvalue weighted by Crippen LogP contribution is -2.57. The van der Waals surface area contributed by atoms with Gasteiger partial charge < -0.3 is 20.0 Å². The number of carbonyl (C=O) groups is 4. The molecule has 0 radical (unpaired) electrons. The third-order valence-electron chi connectivity index (χ3n) is 7.15. The van der Waals surface area contributed by atoms with Crippen LogP contribution in [0.4, 0.5) is 11.4 Å². The molecule has 0 unspecified atom stereocenters. The molecule has 1 aromatic heterocycles. The summed E-state index contributed by atoms with van der Waals surface area (Å²) in [4.78, 5) is 52.3. The Morgan fingerprint density at radius 2 is 1.81 bits per heavy atom. The first-order valence-electron chi connectivity index (χ1n) is 12.5. The fraction of sp³-hybridized carbons (Fsp3) is 0.357. The first kappa shape index (κ1) is 23.8. The molecule has 2 N–H and O–H groups in total. The number of nitrogens with one attached hydrogen (secondary N) is 2. The maximum absolute atomic E-state index is 13.6. The number of amides is 2. The molecule has 8 nitrogen and oxygen atoms in total. The number of aldehydes is 1. The number of hydrogen-bond donors (Lipinski definition) is 2. The largest absolute Gasteiger partial charge is 0.451 e. The summed E-state index contributed by atoms with van der Waals surface area (Å²) in [5, 5.41) is 6.71. The van der Waals surface area contributed by atoms with Crippen LogP contribution in [-0.2, 0) is 9.59 Å². The predicted molar refractivity (Wildman–Crippen MR) is 136 cm³/mol. The molecule has 0 atom stereocenters. The summed E-state index contributed by atoms with van der Waals surface area (Å²) in [6.45, 7) is 0.985. The smallest absolute Gasteiger partial charge is 0.287 e. The monoisotopic (exact) mass is 487 g/mol. The molecule has 2 heterocycles. The predicted octanol–water partition coefficient (Wildman–Crippen LogP) is 4.49. The van der Waals surface area contributed by atoms with Crippen molar-refractivity contribution in [3.05, 3.63) is 59.9 Å². The van der Waals surface area contributed by atoms with E-state index in [2.05, 4.69) is 10.6 Å². The minimum atomic E-state index is -1.08. The van der Waals surface area contributed by atoms with Crippen molar-refractivity contribution < 1.29 is 23.6 Å². The van der Waals surface area contributed by atoms with Gasteiger partial charge in [0, 0.05) is 35.3 Å². The molecule has 2 aromatic carbocycles. The van der Waals surface area contributed by atoms with Crippen LogP contribution >= 0.6 is 0 Å². The number of rotatable bonds is 6. The average Bonchev–Trinajstić information content (AvgIpc) is 3.34. The molecule has 2 amide bonds. The van der Waals surface area contributed by atoms with E-state index in [4.69, 9.17) is 4.42 Å². The van der Waals surface area contributed by atoms with Gasteiger partial charge >= 0.3 is 0 Å². The second kappa shape index (κ2) is 9.97. The summed E-state index contributed by atoms with van der Waals surface area (Å²) < 4.78 is 5.71. The molecule has 0 spiro atoms. The van der Waals surface area contributed by atoms with Crippen molar-refractivity contribution in [3.8, 4) is 0 Å². The summed E-state index contributed by atoms with van der Waals surface area (Å²) >= 11 is 0. The Balaban J connectivity index is 1.36. The molecule has 5 rings (SSSR count). The average molecular weight is 488 g/mol. The molecular formula is C28H29N3O5. The van der Waals surface area contributed by atoms with Crippen LogP contribution < -0.4 is 15.5 Å². The number of Topliss-reactive ketones (excluding diaryl/α,β-unsaturated/α-hetero) is 1. The van der Waals surface area contributed by atoms with Gasteiger partial charge in [-0.3, -0.25) is 19.2 Å². The fourth-order valence-corrected chi connectivity index (χ4v) is 5.25. The molecule has 2 aliphatic rings. The van der Waals surface area contributed by atoms with Gasteiger partial charge in [0.2, 0.25) is 5.91 Å². The molecule has 36 heavy (non-hydrogen) atoms. The number of benzene rings is 2. The van der Waals surface area contributed by atoms with Crippen LogP contribution in [0.1, 0.15) is 65.9 Å². The lowest BCUT2D eigenvalue weighted by atomic mass is 9.80. The Morgan fingerprint density at radius 3 is 2.56 bits per heavy atom. The highest BCUT2D eigenvalue weighted by Crippen LogP contribution is 2.32. The lowest BCUT2D eigenvalue weighted by Gasteiger charge is -2.36. The van der Waals surface area contributed by atoms with Gasteiger partial charge in [-0.05, 0) is 49.6 Å². The number of furan rings is 1. The van der Waals surface area contributed by atoms with Crippen LogP contribution in [0, 0.1) is 0 Å². The van der Waals surface area contributed by atoms with Gasteiger partial charge in [-0.1, -0.05) is 37.5 Å². The normalized spacial score (nSPS) is 17.6. The lowest BCUT2D eigenvalue weighted by molar-refractivity contribution is -0.123. The van der Waals surface area contributed by atoms with Crippen LogP contribution in [0.5, 0.6) is 0 Å². The topological polar surface area (TPSA) is 109 Å². The SMILES string of the molecule is O=Cc1cc(NC(=O)C2(NC(=O)c3cc4ccccc4o3)CCCCC2)ccc1N1CCCC(=O)C1. The van der Waals surface area contributed by atoms with Crippen LogP contribution in [0.25, 0.3) is 11.0 Å². The Labute approximate surface area is 209 Å². The highest BCUT2D eigenvalue weighted by molar-refractivity contribution is 6.04. The van der Waals surface area contributed by atoms with Gasteiger partial charge in [0.25, 0.3) is 5.91 Å². The first-order valence-corrected chi connectivity index (χ1v) is 12.5. The van der Waals surface area contributed by atoms with Gasteiger partial charge in [-0.25, -0.2) is 0 Å². The van der Waals surface area contributed by atoms with Crippen molar-refractivity contribution in [2.45, 2.75) is 50.5 Å². The maximum Gasteiger partial charge on any atom is 0.287 e. The molecule has 1 saturated carbocycles. The summed E-state index contributed by atoms with van der Waals surface area (Å²) in [6, 6.07) is 14.2. The van der Waals surface area contributed by atoms with Crippen molar-refractivity contribution in [1.82, 2.24) is 5.32 Å². The van der Waals surface area contributed by atoms with Crippen molar-refractivity contribution >= 4 is 46.2 Å². The molecule has 1 saturated heterocycles. The van der Waals surface area contributed by atoms with Gasteiger partial charge in [-0.2, -0.15) is 0 Å². The Hall–Kier alpha value is -3.94. The number of anilines is 2. The summed E-state index contributed by atoms with van der Waals surface area (Å²) in [5.41, 5.74) is 1.10. The Morgan fingerprint density at radius 1 is 1.00 bits per heavy atom. The van der Waals surface area contributed by atoms with Gasteiger partial charge in [0.05, 0.1) is 6.54 Å². The third kappa shape index (κ3) is 4.76. The van der Waals surface area contributed by atoms with Crippen LogP contribution in [0.2, 0.25) is 0 Å². The number of ketones is 1. The van der Waals surface area contributed by atoms with E-state index in [1.54, 1.807) is 30.3 Å². The van der Waals surface area contributed by atoms with E-state index in [-0.39, 0.29) is 24.0 Å². The highest BCUT2D eigenvalue weighted by Gasteiger charge is 2.41. The van der Waals surface area contributed by atoms with E-state index in [0.717, 1.165) is 37.4 Å². The van der Waals surface area contributed by atoms with Gasteiger partial charge in [0.15, 0.2) is 17.8 Å². The second-order valence-electron chi connectivity index (χ2n) is 9.65. The third-order valence-corrected chi connectivity index (χ3v) is 7.15. The fourth-order valence-electron chi connectivity index (χ4n) is 5.25. The van der Waals surface area contributed by atoms with E-state index in [1.807, 2.05) is 23.1 Å². The first-order chi connectivity index (χ1) is 17.5. The minimum Gasteiger partial charge on any atom is -0.451 e. The molecular weight excluding hydrogens is 458 g/mol. The Kier molecular flexibility index (Phi) is 6.59. The van der Waals surface area contributed by atoms with Crippen LogP contribution in [0.3, 0.4) is 0 Å². The molecule has 1 aliphatic carbocycles. The summed E-state index contributed by atoms with van der Waals surface area (Å²) in [5.74, 6) is -0.432. The molecule has 2 fully saturated rings. The molecule has 186 valence electrons. The second-order valence-corrected chi connectivity index (χ2v) is 9.65. The van der Waals surface area contributed by atoms with E-state index in [9.17, 15) is 19.2 Å². The quantitative estimate of drug-likeness (QED) is 0.496. The number of fused-ring (bicyclic) bond motifs is 1. The van der Waals surface area contributed by atoms with E-state index < -0.39 is 11.4 Å². The summed E-state index contributed by atoms with van der Waals surface area (Å²) in [6.07, 6.45) is 5.70. The molecule has 3 aromatic rings. The van der Waals surface area contributed by atoms with E-state index >= 15 is 0 Å². The van der Waals surface area contributed by atoms with Crippen molar-refractivity contribution in [2.24, 2.45) is 0 Å². The molecule has 1 aliphatic heterocycles. The van der Waals surface area contributed by atoms with Crippen LogP contribution in [0.15, 0.2) is 52.9 Å². The van der Waals surface area contributed by atoms with Crippen LogP contribution in [-0.4, -0.2) is 42.5 Å². The zero-order valence-electron chi connectivity index (χ0n) is 20.0.